The molecule has 1 aliphatic heterocycles. The summed E-state index contributed by atoms with van der Waals surface area (Å²) in [5.41, 5.74) is 0.979. The van der Waals surface area contributed by atoms with Crippen molar-refractivity contribution in [3.8, 4) is 11.4 Å². The van der Waals surface area contributed by atoms with Crippen molar-refractivity contribution >= 4 is 17.6 Å². The maximum Gasteiger partial charge on any atom is 0.228 e. The summed E-state index contributed by atoms with van der Waals surface area (Å²) in [4.78, 5) is 11.3. The standard InChI is InChI=1S/C21H31ClN6O/c1-21(2,28-13-5-4-6-14-28)15-25-20(23-3)24-12-11-18-26-19(27-29-18)16-7-9-17(22)10-8-16/h7-10H,4-6,11-15H2,1-3H3,(H2,23,24,25). The number of likely N-dealkylation sites (tertiary alicyclic amines) is 1. The number of hydrogen-bond donors (Lipinski definition) is 2. The Bertz CT molecular complexity index is 796. The van der Waals surface area contributed by atoms with E-state index in [9.17, 15) is 0 Å². The van der Waals surface area contributed by atoms with Gasteiger partial charge in [0.05, 0.1) is 0 Å². The number of aliphatic imine (C=N–C) groups is 1. The first kappa shape index (κ1) is 21.6. The minimum atomic E-state index is 0.0952. The molecule has 7 nitrogen and oxygen atoms in total. The number of nitrogens with zero attached hydrogens (tertiary/aromatic N) is 4. The number of nitrogens with one attached hydrogen (secondary N) is 2. The maximum absolute atomic E-state index is 5.92. The van der Waals surface area contributed by atoms with Gasteiger partial charge in [-0.2, -0.15) is 4.98 Å². The van der Waals surface area contributed by atoms with Crippen molar-refractivity contribution < 1.29 is 4.52 Å². The van der Waals surface area contributed by atoms with Gasteiger partial charge in [-0.25, -0.2) is 0 Å². The Hall–Kier alpha value is -2.12. The number of guanidine groups is 1. The van der Waals surface area contributed by atoms with Crippen LogP contribution in [0.4, 0.5) is 0 Å². The Morgan fingerprint density at radius 3 is 2.59 bits per heavy atom. The molecule has 0 aliphatic carbocycles. The van der Waals surface area contributed by atoms with E-state index in [0.717, 1.165) is 18.1 Å². The average molecular weight is 419 g/mol. The van der Waals surface area contributed by atoms with Crippen LogP contribution in [0, 0.1) is 0 Å². The molecule has 8 heteroatoms. The van der Waals surface area contributed by atoms with Gasteiger partial charge in [-0.1, -0.05) is 23.2 Å². The molecular weight excluding hydrogens is 388 g/mol. The fourth-order valence-corrected chi connectivity index (χ4v) is 3.62. The molecule has 0 saturated carbocycles. The monoisotopic (exact) mass is 418 g/mol. The van der Waals surface area contributed by atoms with Crippen molar-refractivity contribution in [2.45, 2.75) is 45.1 Å². The highest BCUT2D eigenvalue weighted by Crippen LogP contribution is 2.20. The van der Waals surface area contributed by atoms with Crippen LogP contribution in [0.15, 0.2) is 33.8 Å². The quantitative estimate of drug-likeness (QED) is 0.530. The number of benzene rings is 1. The van der Waals surface area contributed by atoms with Crippen LogP contribution in [0.2, 0.25) is 5.02 Å². The van der Waals surface area contributed by atoms with Crippen LogP contribution in [0.3, 0.4) is 0 Å². The first-order valence-electron chi connectivity index (χ1n) is 10.3. The lowest BCUT2D eigenvalue weighted by Gasteiger charge is -2.41. The minimum absolute atomic E-state index is 0.0952. The predicted molar refractivity (Wildman–Crippen MR) is 117 cm³/mol. The molecule has 29 heavy (non-hydrogen) atoms. The number of rotatable bonds is 7. The van der Waals surface area contributed by atoms with Crippen molar-refractivity contribution in [2.24, 2.45) is 4.99 Å². The maximum atomic E-state index is 5.92. The summed E-state index contributed by atoms with van der Waals surface area (Å²) in [5.74, 6) is 1.95. The molecule has 0 unspecified atom stereocenters. The molecular formula is C21H31ClN6O. The van der Waals surface area contributed by atoms with Gasteiger partial charge in [-0.3, -0.25) is 9.89 Å². The van der Waals surface area contributed by atoms with Gasteiger partial charge in [0.1, 0.15) is 0 Å². The molecule has 0 atom stereocenters. The van der Waals surface area contributed by atoms with E-state index in [1.807, 2.05) is 24.3 Å². The summed E-state index contributed by atoms with van der Waals surface area (Å²) in [7, 11) is 1.79. The first-order valence-corrected chi connectivity index (χ1v) is 10.6. The lowest BCUT2D eigenvalue weighted by Crippen LogP contribution is -2.55. The molecule has 0 amide bonds. The molecule has 0 radical (unpaired) electrons. The van der Waals surface area contributed by atoms with Crippen LogP contribution in [0.1, 0.15) is 39.0 Å². The third-order valence-electron chi connectivity index (χ3n) is 5.33. The second kappa shape index (κ2) is 10.1. The van der Waals surface area contributed by atoms with E-state index >= 15 is 0 Å². The van der Waals surface area contributed by atoms with Crippen molar-refractivity contribution in [1.29, 1.82) is 0 Å². The number of hydrogen-bond acceptors (Lipinski definition) is 5. The average Bonchev–Trinajstić information content (AvgIpc) is 3.20. The SMILES string of the molecule is CN=C(NCCc1nc(-c2ccc(Cl)cc2)no1)NCC(C)(C)N1CCCCC1. The Balaban J connectivity index is 1.44. The number of aromatic nitrogens is 2. The molecule has 1 aromatic heterocycles. The number of piperidine rings is 1. The van der Waals surface area contributed by atoms with E-state index in [4.69, 9.17) is 16.1 Å². The van der Waals surface area contributed by atoms with Gasteiger partial charge in [0.15, 0.2) is 5.96 Å². The topological polar surface area (TPSA) is 78.6 Å². The van der Waals surface area contributed by atoms with Gasteiger partial charge in [0.25, 0.3) is 0 Å². The zero-order valence-electron chi connectivity index (χ0n) is 17.5. The van der Waals surface area contributed by atoms with Crippen LogP contribution in [-0.2, 0) is 6.42 Å². The molecule has 3 rings (SSSR count). The molecule has 2 heterocycles. The molecule has 1 saturated heterocycles. The van der Waals surface area contributed by atoms with Gasteiger partial charge in [0.2, 0.25) is 11.7 Å². The normalized spacial score (nSPS) is 16.1. The Morgan fingerprint density at radius 2 is 1.90 bits per heavy atom. The van der Waals surface area contributed by atoms with Crippen LogP contribution >= 0.6 is 11.6 Å². The van der Waals surface area contributed by atoms with E-state index in [2.05, 4.69) is 44.5 Å². The van der Waals surface area contributed by atoms with Crippen molar-refractivity contribution in [3.05, 3.63) is 35.2 Å². The predicted octanol–water partition coefficient (Wildman–Crippen LogP) is 3.36. The molecule has 2 aromatic rings. The third kappa shape index (κ3) is 6.18. The molecule has 0 bridgehead atoms. The van der Waals surface area contributed by atoms with E-state index in [-0.39, 0.29) is 5.54 Å². The van der Waals surface area contributed by atoms with Crippen LogP contribution in [-0.4, -0.2) is 59.8 Å². The third-order valence-corrected chi connectivity index (χ3v) is 5.58. The van der Waals surface area contributed by atoms with Crippen molar-refractivity contribution in [1.82, 2.24) is 25.7 Å². The lowest BCUT2D eigenvalue weighted by molar-refractivity contribution is 0.0982. The lowest BCUT2D eigenvalue weighted by atomic mass is 9.98. The second-order valence-electron chi connectivity index (χ2n) is 7.98. The van der Waals surface area contributed by atoms with Crippen LogP contribution in [0.25, 0.3) is 11.4 Å². The largest absolute Gasteiger partial charge is 0.356 e. The highest BCUT2D eigenvalue weighted by atomic mass is 35.5. The van der Waals surface area contributed by atoms with Gasteiger partial charge < -0.3 is 15.2 Å². The Kier molecular flexibility index (Phi) is 7.50. The summed E-state index contributed by atoms with van der Waals surface area (Å²) in [6, 6.07) is 7.39. The fourth-order valence-electron chi connectivity index (χ4n) is 3.49. The van der Waals surface area contributed by atoms with Gasteiger partial charge in [-0.05, 0) is 64.0 Å². The smallest absolute Gasteiger partial charge is 0.228 e. The number of halogens is 1. The van der Waals surface area contributed by atoms with E-state index < -0.39 is 0 Å². The summed E-state index contributed by atoms with van der Waals surface area (Å²) in [6.45, 7) is 8.42. The van der Waals surface area contributed by atoms with Crippen molar-refractivity contribution in [3.63, 3.8) is 0 Å². The minimum Gasteiger partial charge on any atom is -0.356 e. The molecule has 1 aliphatic rings. The summed E-state index contributed by atoms with van der Waals surface area (Å²) in [6.07, 6.45) is 4.55. The van der Waals surface area contributed by atoms with E-state index in [0.29, 0.717) is 29.7 Å². The zero-order chi connectivity index (χ0) is 20.7. The zero-order valence-corrected chi connectivity index (χ0v) is 18.3. The van der Waals surface area contributed by atoms with Crippen LogP contribution < -0.4 is 10.6 Å². The highest BCUT2D eigenvalue weighted by Gasteiger charge is 2.27. The van der Waals surface area contributed by atoms with Gasteiger partial charge >= 0.3 is 0 Å². The molecule has 1 fully saturated rings. The van der Waals surface area contributed by atoms with E-state index in [1.165, 1.54) is 32.4 Å². The summed E-state index contributed by atoms with van der Waals surface area (Å²) >= 11 is 5.92. The summed E-state index contributed by atoms with van der Waals surface area (Å²) in [5, 5.41) is 11.5. The van der Waals surface area contributed by atoms with Crippen LogP contribution in [0.5, 0.6) is 0 Å². The molecule has 158 valence electrons. The second-order valence-corrected chi connectivity index (χ2v) is 8.42. The highest BCUT2D eigenvalue weighted by molar-refractivity contribution is 6.30. The first-order chi connectivity index (χ1) is 14.0. The Morgan fingerprint density at radius 1 is 1.17 bits per heavy atom. The fraction of sp³-hybridized carbons (Fsp3) is 0.571. The van der Waals surface area contributed by atoms with Gasteiger partial charge in [-0.15, -0.1) is 0 Å². The molecule has 0 spiro atoms. The van der Waals surface area contributed by atoms with E-state index in [1.54, 1.807) is 7.05 Å². The van der Waals surface area contributed by atoms with Crippen molar-refractivity contribution in [2.75, 3.05) is 33.2 Å². The van der Waals surface area contributed by atoms with Gasteiger partial charge in [0, 0.05) is 42.7 Å². The summed E-state index contributed by atoms with van der Waals surface area (Å²) < 4.78 is 5.36. The molecule has 2 N–H and O–H groups in total. The molecule has 1 aromatic carbocycles. The Labute approximate surface area is 177 Å².